The number of hydrogen-bond acceptors (Lipinski definition) is 2. The summed E-state index contributed by atoms with van der Waals surface area (Å²) in [5, 5.41) is 0. The van der Waals surface area contributed by atoms with Crippen LogP contribution in [0.25, 0.3) is 0 Å². The van der Waals surface area contributed by atoms with E-state index in [0.29, 0.717) is 5.94 Å². The lowest BCUT2D eigenvalue weighted by Gasteiger charge is -1.95. The molecule has 0 radical (unpaired) electrons. The highest BCUT2D eigenvalue weighted by molar-refractivity contribution is 6.11. The van der Waals surface area contributed by atoms with E-state index < -0.39 is 0 Å². The fourth-order valence-electron chi connectivity index (χ4n) is 0. The molecule has 2 nitrogen and oxygen atoms in total. The van der Waals surface area contributed by atoms with Crippen LogP contribution in [0.5, 0.6) is 0 Å². The van der Waals surface area contributed by atoms with Crippen molar-refractivity contribution in [2.45, 2.75) is 12.9 Å². The minimum atomic E-state index is 0.412. The summed E-state index contributed by atoms with van der Waals surface area (Å²) in [5.41, 5.74) is 2.53. The Hall–Kier alpha value is -0.0151. The highest BCUT2D eigenvalue weighted by atomic mass is 15.2. The summed E-state index contributed by atoms with van der Waals surface area (Å²) in [6.45, 7) is 1.99. The van der Waals surface area contributed by atoms with Crippen molar-refractivity contribution < 1.29 is 0 Å². The molecule has 0 saturated heterocycles. The molecule has 0 aliphatic heterocycles. The van der Waals surface area contributed by atoms with Crippen molar-refractivity contribution in [2.24, 2.45) is 5.84 Å². The first kappa shape index (κ1) is 4.98. The number of hydrazine groups is 1. The van der Waals surface area contributed by atoms with E-state index in [0.717, 1.165) is 0 Å². The Bertz CT molecular complexity index is 21.6. The van der Waals surface area contributed by atoms with Crippen molar-refractivity contribution in [2.75, 3.05) is 0 Å². The Morgan fingerprint density at radius 2 is 2.20 bits per heavy atom. The van der Waals surface area contributed by atoms with Gasteiger partial charge < -0.3 is 0 Å². The van der Waals surface area contributed by atoms with E-state index in [-0.39, 0.29) is 0 Å². The fraction of sp³-hybridized carbons (Fsp3) is 1.00. The highest BCUT2D eigenvalue weighted by Gasteiger charge is 1.78. The van der Waals surface area contributed by atoms with Crippen LogP contribution in [-0.4, -0.2) is 13.8 Å². The maximum atomic E-state index is 4.92. The molecule has 0 saturated carbocycles. The van der Waals surface area contributed by atoms with Gasteiger partial charge in [-0.25, -0.2) is 0 Å². The SMILES string of the molecule is BC(C)NN. The third kappa shape index (κ3) is 3.98. The molecule has 0 aromatic rings. The molecular weight excluding hydrogens is 62.8 g/mol. The predicted octanol–water partition coefficient (Wildman–Crippen LogP) is -1.57. The van der Waals surface area contributed by atoms with E-state index in [9.17, 15) is 0 Å². The summed E-state index contributed by atoms with van der Waals surface area (Å²) in [6.07, 6.45) is 0. The Balaban J connectivity index is 2.54. The molecule has 0 heterocycles. The van der Waals surface area contributed by atoms with Crippen molar-refractivity contribution in [1.29, 1.82) is 0 Å². The summed E-state index contributed by atoms with van der Waals surface area (Å²) >= 11 is 0. The van der Waals surface area contributed by atoms with Crippen molar-refractivity contribution in [3.05, 3.63) is 0 Å². The molecule has 3 heteroatoms. The van der Waals surface area contributed by atoms with Crippen molar-refractivity contribution >= 4 is 7.85 Å². The van der Waals surface area contributed by atoms with Crippen LogP contribution < -0.4 is 11.3 Å². The van der Waals surface area contributed by atoms with Crippen LogP contribution in [0, 0.1) is 0 Å². The molecule has 30 valence electrons. The van der Waals surface area contributed by atoms with Gasteiger partial charge in [0.15, 0.2) is 0 Å². The van der Waals surface area contributed by atoms with Crippen molar-refractivity contribution in [3.8, 4) is 0 Å². The molecular formula is C2H9BN2. The van der Waals surface area contributed by atoms with Gasteiger partial charge in [0.2, 0.25) is 0 Å². The van der Waals surface area contributed by atoms with E-state index in [1.807, 2.05) is 14.8 Å². The van der Waals surface area contributed by atoms with Gasteiger partial charge in [-0.1, -0.05) is 6.92 Å². The first-order valence-electron chi connectivity index (χ1n) is 1.73. The lowest BCUT2D eigenvalue weighted by molar-refractivity contribution is 0.723. The lowest BCUT2D eigenvalue weighted by atomic mass is 10.0. The van der Waals surface area contributed by atoms with Crippen LogP contribution in [0.15, 0.2) is 0 Å². The van der Waals surface area contributed by atoms with E-state index in [2.05, 4.69) is 5.43 Å². The van der Waals surface area contributed by atoms with E-state index in [1.165, 1.54) is 0 Å². The monoisotopic (exact) mass is 72.1 g/mol. The van der Waals surface area contributed by atoms with Crippen LogP contribution in [-0.2, 0) is 0 Å². The second kappa shape index (κ2) is 2.24. The Kier molecular flexibility index (Phi) is 2.23. The molecule has 0 fully saturated rings. The summed E-state index contributed by atoms with van der Waals surface area (Å²) < 4.78 is 0. The molecule has 1 unspecified atom stereocenters. The van der Waals surface area contributed by atoms with Crippen LogP contribution in [0.3, 0.4) is 0 Å². The largest absolute Gasteiger partial charge is 0.272 e. The smallest absolute Gasteiger partial charge is 0.124 e. The van der Waals surface area contributed by atoms with Crippen LogP contribution in [0.4, 0.5) is 0 Å². The van der Waals surface area contributed by atoms with Gasteiger partial charge in [0.1, 0.15) is 7.85 Å². The maximum absolute atomic E-state index is 4.92. The third-order valence-corrected chi connectivity index (χ3v) is 0.333. The lowest BCUT2D eigenvalue weighted by Crippen LogP contribution is -2.32. The van der Waals surface area contributed by atoms with E-state index in [4.69, 9.17) is 5.84 Å². The van der Waals surface area contributed by atoms with E-state index >= 15 is 0 Å². The number of nitrogens with two attached hydrogens (primary N) is 1. The topological polar surface area (TPSA) is 38.0 Å². The van der Waals surface area contributed by atoms with Crippen LogP contribution in [0.1, 0.15) is 6.92 Å². The standard InChI is InChI=1S/C2H9BN2/c1-2(3)5-4/h2,5H,3-4H2,1H3. The minimum absolute atomic E-state index is 0.412. The molecule has 0 aliphatic rings. The fourth-order valence-corrected chi connectivity index (χ4v) is 0. The molecule has 1 atom stereocenters. The zero-order chi connectivity index (χ0) is 4.28. The average molecular weight is 71.9 g/mol. The number of rotatable bonds is 1. The number of hydrogen-bond donors (Lipinski definition) is 2. The molecule has 0 aliphatic carbocycles. The molecule has 3 N–H and O–H groups in total. The molecule has 0 bridgehead atoms. The molecule has 5 heavy (non-hydrogen) atoms. The molecule has 0 amide bonds. The molecule has 0 spiro atoms. The molecule has 0 aromatic heterocycles. The Morgan fingerprint density at radius 1 is 2.00 bits per heavy atom. The highest BCUT2D eigenvalue weighted by Crippen LogP contribution is 1.56. The van der Waals surface area contributed by atoms with Gasteiger partial charge in [-0.2, -0.15) is 0 Å². The predicted molar refractivity (Wildman–Crippen MR) is 25.3 cm³/mol. The maximum Gasteiger partial charge on any atom is 0.124 e. The van der Waals surface area contributed by atoms with Crippen molar-refractivity contribution in [1.82, 2.24) is 5.43 Å². The van der Waals surface area contributed by atoms with Gasteiger partial charge in [-0.15, -0.1) is 0 Å². The zero-order valence-corrected chi connectivity index (χ0v) is 3.65. The van der Waals surface area contributed by atoms with E-state index in [1.54, 1.807) is 0 Å². The second-order valence-corrected chi connectivity index (χ2v) is 1.32. The Labute approximate surface area is 33.1 Å². The number of nitrogens with one attached hydrogen (secondary N) is 1. The van der Waals surface area contributed by atoms with Crippen LogP contribution >= 0.6 is 0 Å². The Morgan fingerprint density at radius 3 is 2.20 bits per heavy atom. The summed E-state index contributed by atoms with van der Waals surface area (Å²) in [4.78, 5) is 0. The zero-order valence-electron chi connectivity index (χ0n) is 3.65. The van der Waals surface area contributed by atoms with Gasteiger partial charge in [-0.05, 0) is 5.94 Å². The summed E-state index contributed by atoms with van der Waals surface area (Å²) in [7, 11) is 1.99. The summed E-state index contributed by atoms with van der Waals surface area (Å²) in [5.74, 6) is 5.33. The minimum Gasteiger partial charge on any atom is -0.272 e. The van der Waals surface area contributed by atoms with Crippen LogP contribution in [0.2, 0.25) is 0 Å². The molecule has 0 rings (SSSR count). The summed E-state index contributed by atoms with van der Waals surface area (Å²) in [6, 6.07) is 0. The first-order chi connectivity index (χ1) is 2.27. The third-order valence-electron chi connectivity index (χ3n) is 0.333. The van der Waals surface area contributed by atoms with Gasteiger partial charge in [-0.3, -0.25) is 11.3 Å². The normalized spacial score (nSPS) is 14.8. The molecule has 0 aromatic carbocycles. The van der Waals surface area contributed by atoms with Gasteiger partial charge in [0, 0.05) is 0 Å². The van der Waals surface area contributed by atoms with Gasteiger partial charge in [0.25, 0.3) is 0 Å². The quantitative estimate of drug-likeness (QED) is 0.223. The second-order valence-electron chi connectivity index (χ2n) is 1.32. The van der Waals surface area contributed by atoms with Gasteiger partial charge >= 0.3 is 0 Å². The van der Waals surface area contributed by atoms with Crippen molar-refractivity contribution in [3.63, 3.8) is 0 Å². The van der Waals surface area contributed by atoms with Gasteiger partial charge in [0.05, 0.1) is 0 Å². The average Bonchev–Trinajstić information content (AvgIpc) is 1.38. The first-order valence-corrected chi connectivity index (χ1v) is 1.73.